The number of aromatic nitrogens is 6. The van der Waals surface area contributed by atoms with Crippen molar-refractivity contribution < 1.29 is 102 Å². The second kappa shape index (κ2) is 44.3. The maximum absolute atomic E-state index is 15.8. The first-order valence-electron chi connectivity index (χ1n) is 39.2. The van der Waals surface area contributed by atoms with Crippen molar-refractivity contribution in [2.45, 2.75) is 244 Å². The van der Waals surface area contributed by atoms with Gasteiger partial charge in [0.1, 0.15) is 74.4 Å². The van der Waals surface area contributed by atoms with E-state index in [2.05, 4.69) is 15.0 Å². The SMILES string of the molecule is C[C@H]1[C@H](F)[C@H](n2ccc(N(C(=O)OC(C)(C)C)C(=O)OC(C)(C)C)nc2=O)S[C@@H]1CO.C[C@H]1[C@H](F)[C@H](n2ccc(N(C(=O)OC(C)(C)C)C(=O)OC(C)(C)C)nc2=O)S[C@@H]1COP(=O)(OCCCCSC(=O)C(C)(C)C)Oc1ccccc1.C[C@H]1[C@H](F)[C@H](n2ccc(N)nc2=O)S[C@@H]1COP(=O)(OCCCCSC(=O)C(C)(C)C)Oc1ccccc1. The van der Waals surface area contributed by atoms with Crippen molar-refractivity contribution in [3.8, 4) is 11.5 Å². The molecule has 6 heterocycles. The average molecular weight is 1840 g/mol. The summed E-state index contributed by atoms with van der Waals surface area (Å²) >= 11 is 5.94. The highest BCUT2D eigenvalue weighted by Crippen LogP contribution is 2.55. The fourth-order valence-electron chi connectivity index (χ4n) is 10.8. The first-order chi connectivity index (χ1) is 56.0. The van der Waals surface area contributed by atoms with E-state index >= 15 is 8.78 Å². The highest BCUT2D eigenvalue weighted by molar-refractivity contribution is 8.14. The molecule has 8 rings (SSSR count). The molecule has 3 aliphatic heterocycles. The minimum atomic E-state index is -4.19. The Morgan fingerprint density at radius 2 is 0.752 bits per heavy atom. The molecular formula is C80H116F3N9O22P2S5. The largest absolute Gasteiger partial charge is 0.530 e. The van der Waals surface area contributed by atoms with E-state index in [1.54, 1.807) is 165 Å². The molecule has 41 heteroatoms. The summed E-state index contributed by atoms with van der Waals surface area (Å²) < 4.78 is 132. The van der Waals surface area contributed by atoms with Crippen molar-refractivity contribution in [2.75, 3.05) is 60.1 Å². The maximum atomic E-state index is 15.8. The van der Waals surface area contributed by atoms with Gasteiger partial charge in [0, 0.05) is 74.4 Å². The van der Waals surface area contributed by atoms with E-state index in [1.165, 1.54) is 76.6 Å². The van der Waals surface area contributed by atoms with E-state index in [4.69, 9.17) is 51.8 Å². The lowest BCUT2D eigenvalue weighted by atomic mass is 9.99. The van der Waals surface area contributed by atoms with Crippen molar-refractivity contribution in [3.05, 3.63) is 129 Å². The number of para-hydroxylation sites is 2. The van der Waals surface area contributed by atoms with Crippen molar-refractivity contribution in [2.24, 2.45) is 28.6 Å². The molecule has 2 aromatic carbocycles. The normalized spacial score (nSPS) is 22.3. The summed E-state index contributed by atoms with van der Waals surface area (Å²) in [5, 5.41) is 5.50. The van der Waals surface area contributed by atoms with E-state index in [0.717, 1.165) is 32.7 Å². The smallest absolute Gasteiger partial charge is 0.443 e. The Labute approximate surface area is 725 Å². The molecule has 0 saturated carbocycles. The molecule has 0 bridgehead atoms. The van der Waals surface area contributed by atoms with Crippen LogP contribution in [0.5, 0.6) is 11.5 Å². The number of nitrogens with two attached hydrogens (primary N) is 1. The summed E-state index contributed by atoms with van der Waals surface area (Å²) in [6.45, 7) is 35.2. The molecule has 2 unspecified atom stereocenters. The molecule has 3 aromatic heterocycles. The van der Waals surface area contributed by atoms with Gasteiger partial charge < -0.3 is 38.8 Å². The predicted octanol–water partition coefficient (Wildman–Crippen LogP) is 18.0. The number of thioether (sulfide) groups is 5. The van der Waals surface area contributed by atoms with Gasteiger partial charge >= 0.3 is 57.1 Å². The zero-order valence-corrected chi connectivity index (χ0v) is 78.1. The standard InChI is InChI=1S/C35H51FN3O10PS2.C25H35FN3O6PS2.C20H30FN3O6S/c1-23-25(22-46-50(44,49-24-16-12-11-13-17-24)45-20-14-15-21-51-29(40)33(2,3)4)52-28(27(23)36)38-19-18-26(37-30(38)41)39(31(42)47-34(5,6)7)32(43)48-35(8,9)10;1-17-19(38-22(21(17)26)29-13-12-20(27)28-24(29)31)16-34-36(32,35-18-10-6-5-7-11-18)33-14-8-9-15-37-23(30)25(2,3)4;1-11-12(10-25)31-15(14(11)21)23-9-8-13(22-16(23)26)24(17(27)29-19(2,3)4)18(28)30-20(5,6)7/h11-13,16-19,23,25,27-28H,14-15,20-22H2,1-10H3;5-7,10-13,17,19,21-22H,8-9,14-16H2,1-4H3,(H2,27,28,31);8-9,11-12,14-15,25H,10H2,1-7H3/t23-,25-,27+,28-,50?;17-,19-,21+,22-,36?;11-,12-,14+,15-/m111/s1. The summed E-state index contributed by atoms with van der Waals surface area (Å²) in [5.41, 5.74) is -1.48. The minimum absolute atomic E-state index is 0.0348. The van der Waals surface area contributed by atoms with E-state index in [-0.39, 0.29) is 71.7 Å². The van der Waals surface area contributed by atoms with Crippen LogP contribution < -0.4 is 41.7 Å². The number of nitrogens with zero attached hydrogens (tertiary/aromatic N) is 8. The number of imide groups is 2. The van der Waals surface area contributed by atoms with Crippen LogP contribution in [0, 0.1) is 28.6 Å². The Balaban J connectivity index is 0.000000292. The molecule has 121 heavy (non-hydrogen) atoms. The Morgan fingerprint density at radius 1 is 0.455 bits per heavy atom. The van der Waals surface area contributed by atoms with Crippen molar-refractivity contribution in [3.63, 3.8) is 0 Å². The number of unbranched alkanes of at least 4 members (excludes halogenated alkanes) is 2. The van der Waals surface area contributed by atoms with Crippen LogP contribution in [-0.2, 0) is 55.8 Å². The minimum Gasteiger partial charge on any atom is -0.443 e. The van der Waals surface area contributed by atoms with Gasteiger partial charge in [0.15, 0.2) is 21.9 Å². The third kappa shape index (κ3) is 32.2. The third-order valence-corrected chi connectivity index (χ3v) is 27.8. The molecule has 0 radical (unpaired) electrons. The van der Waals surface area contributed by atoms with Gasteiger partial charge in [0.2, 0.25) is 0 Å². The van der Waals surface area contributed by atoms with E-state index in [1.807, 2.05) is 41.5 Å². The number of carbonyl (C=O) groups excluding carboxylic acids is 6. The molecular weight excluding hydrogens is 1720 g/mol. The average Bonchev–Trinajstić information content (AvgIpc) is 1.70. The van der Waals surface area contributed by atoms with Crippen LogP contribution in [0.3, 0.4) is 0 Å². The summed E-state index contributed by atoms with van der Waals surface area (Å²) in [5.74, 6) is -0.430. The third-order valence-electron chi connectivity index (χ3n) is 17.3. The van der Waals surface area contributed by atoms with Gasteiger partial charge in [0.05, 0.1) is 33.0 Å². The van der Waals surface area contributed by atoms with E-state index in [0.29, 0.717) is 52.7 Å². The first kappa shape index (κ1) is 103. The Kier molecular flexibility index (Phi) is 37.7. The lowest BCUT2D eigenvalue weighted by Crippen LogP contribution is -2.45. The molecule has 5 aromatic rings. The molecule has 3 fully saturated rings. The number of amides is 4. The van der Waals surface area contributed by atoms with Gasteiger partial charge in [-0.1, -0.05) is 122 Å². The summed E-state index contributed by atoms with van der Waals surface area (Å²) in [6, 6.07) is 20.8. The number of hydrogen-bond donors (Lipinski definition) is 2. The fourth-order valence-corrected chi connectivity index (χ4v) is 20.2. The molecule has 0 spiro atoms. The van der Waals surface area contributed by atoms with Gasteiger partial charge in [-0.25, -0.2) is 55.9 Å². The highest BCUT2D eigenvalue weighted by Gasteiger charge is 2.49. The number of aliphatic hydroxyl groups excluding tert-OH is 1. The number of benzene rings is 2. The van der Waals surface area contributed by atoms with Crippen LogP contribution in [0.2, 0.25) is 0 Å². The number of ether oxygens (including phenoxy) is 4. The molecule has 3 N–H and O–H groups in total. The molecule has 4 amide bonds. The van der Waals surface area contributed by atoms with Crippen LogP contribution in [0.15, 0.2) is 112 Å². The number of phosphoric ester groups is 2. The Bertz CT molecular complexity index is 4530. The molecule has 674 valence electrons. The summed E-state index contributed by atoms with van der Waals surface area (Å²) in [6.07, 6.45) is -2.32. The number of rotatable bonds is 28. The van der Waals surface area contributed by atoms with Crippen LogP contribution in [-0.4, -0.2) is 170 Å². The molecule has 14 atom stereocenters. The van der Waals surface area contributed by atoms with E-state index < -0.39 is 153 Å². The molecule has 3 saturated heterocycles. The van der Waals surface area contributed by atoms with Gasteiger partial charge in [0.25, 0.3) is 0 Å². The lowest BCUT2D eigenvalue weighted by molar-refractivity contribution is -0.118. The number of aliphatic hydroxyl groups is 1. The van der Waals surface area contributed by atoms with Crippen LogP contribution >= 0.6 is 74.5 Å². The van der Waals surface area contributed by atoms with Crippen LogP contribution in [0.1, 0.15) is 187 Å². The van der Waals surface area contributed by atoms with Crippen molar-refractivity contribution in [1.82, 2.24) is 28.7 Å². The van der Waals surface area contributed by atoms with Gasteiger partial charge in [-0.15, -0.1) is 35.3 Å². The van der Waals surface area contributed by atoms with Gasteiger partial charge in [-0.2, -0.15) is 24.8 Å². The quantitative estimate of drug-likeness (QED) is 0.0267. The highest BCUT2D eigenvalue weighted by atomic mass is 32.2. The molecule has 0 aliphatic carbocycles. The van der Waals surface area contributed by atoms with Crippen LogP contribution in [0.25, 0.3) is 0 Å². The number of nitrogen functional groups attached to an aromatic ring is 1. The number of anilines is 3. The maximum Gasteiger partial charge on any atom is 0.530 e. The molecule has 31 nitrogen and oxygen atoms in total. The lowest BCUT2D eigenvalue weighted by Gasteiger charge is -2.28. The predicted molar refractivity (Wildman–Crippen MR) is 466 cm³/mol. The second-order valence-corrected chi connectivity index (χ2v) is 43.9. The van der Waals surface area contributed by atoms with E-state index in [9.17, 15) is 61.8 Å². The number of carbonyl (C=O) groups is 6. The Hall–Kier alpha value is -6.90. The van der Waals surface area contributed by atoms with Crippen molar-refractivity contribution in [1.29, 1.82) is 0 Å². The first-order valence-corrected chi connectivity index (χ1v) is 46.9. The van der Waals surface area contributed by atoms with Gasteiger partial charge in [-0.05, 0) is 151 Å². The zero-order chi connectivity index (χ0) is 90.7. The topological polar surface area (TPSA) is 386 Å². The summed E-state index contributed by atoms with van der Waals surface area (Å²) in [4.78, 5) is 126. The Morgan fingerprint density at radius 3 is 1.03 bits per heavy atom. The van der Waals surface area contributed by atoms with Crippen molar-refractivity contribution >= 4 is 127 Å². The molecule has 3 aliphatic rings. The van der Waals surface area contributed by atoms with Gasteiger partial charge in [-0.3, -0.25) is 41.4 Å². The number of alkyl halides is 3. The summed E-state index contributed by atoms with van der Waals surface area (Å²) in [7, 11) is -8.23. The number of halogens is 3. The number of phosphoric acid groups is 2. The zero-order valence-electron chi connectivity index (χ0n) is 72.2. The number of hydrogen-bond acceptors (Lipinski definition) is 31. The monoisotopic (exact) mass is 1830 g/mol. The second-order valence-electron chi connectivity index (χ2n) is 34.5. The van der Waals surface area contributed by atoms with Crippen LogP contribution in [0.4, 0.5) is 49.8 Å². The fraction of sp³-hybridized carbons (Fsp3) is 0.625.